The van der Waals surface area contributed by atoms with Gasteiger partial charge in [-0.2, -0.15) is 5.21 Å². The fourth-order valence-electron chi connectivity index (χ4n) is 1.60. The van der Waals surface area contributed by atoms with Crippen LogP contribution in [0.3, 0.4) is 0 Å². The van der Waals surface area contributed by atoms with Crippen LogP contribution in [-0.4, -0.2) is 26.5 Å². The zero-order valence-electron chi connectivity index (χ0n) is 8.31. The summed E-state index contributed by atoms with van der Waals surface area (Å²) in [6.07, 6.45) is 6.91. The van der Waals surface area contributed by atoms with Crippen molar-refractivity contribution in [3.05, 3.63) is 18.0 Å². The standard InChI is InChI=1S/C9H13N5O/c15-9(7-4-2-1-3-5-7)10-6-8-11-13-14-12-8/h1-2,7H,3-6H2,(H,10,15)(H,11,12,13,14). The Labute approximate surface area is 87.1 Å². The fraction of sp³-hybridized carbons (Fsp3) is 0.556. The van der Waals surface area contributed by atoms with Gasteiger partial charge in [0, 0.05) is 5.92 Å². The van der Waals surface area contributed by atoms with Crippen molar-refractivity contribution in [1.82, 2.24) is 25.9 Å². The van der Waals surface area contributed by atoms with Gasteiger partial charge in [0.25, 0.3) is 0 Å². The number of carbonyl (C=O) groups is 1. The Kier molecular flexibility index (Phi) is 3.06. The first-order chi connectivity index (χ1) is 7.36. The number of allylic oxidation sites excluding steroid dienone is 2. The van der Waals surface area contributed by atoms with E-state index in [1.807, 2.05) is 0 Å². The van der Waals surface area contributed by atoms with E-state index in [1.165, 1.54) is 0 Å². The third-order valence-corrected chi connectivity index (χ3v) is 2.45. The van der Waals surface area contributed by atoms with Crippen LogP contribution in [0.5, 0.6) is 0 Å². The maximum absolute atomic E-state index is 11.7. The molecule has 15 heavy (non-hydrogen) atoms. The lowest BCUT2D eigenvalue weighted by Gasteiger charge is -2.16. The number of aromatic nitrogens is 4. The van der Waals surface area contributed by atoms with Crippen LogP contribution in [0.4, 0.5) is 0 Å². The second-order valence-electron chi connectivity index (χ2n) is 3.53. The van der Waals surface area contributed by atoms with Gasteiger partial charge in [0.1, 0.15) is 0 Å². The molecule has 1 atom stereocenters. The van der Waals surface area contributed by atoms with Crippen molar-refractivity contribution >= 4 is 5.91 Å². The molecule has 80 valence electrons. The van der Waals surface area contributed by atoms with Crippen molar-refractivity contribution in [3.63, 3.8) is 0 Å². The van der Waals surface area contributed by atoms with E-state index in [4.69, 9.17) is 0 Å². The maximum atomic E-state index is 11.7. The van der Waals surface area contributed by atoms with Crippen LogP contribution in [0.25, 0.3) is 0 Å². The monoisotopic (exact) mass is 207 g/mol. The van der Waals surface area contributed by atoms with Crippen LogP contribution < -0.4 is 5.32 Å². The summed E-state index contributed by atoms with van der Waals surface area (Å²) >= 11 is 0. The lowest BCUT2D eigenvalue weighted by atomic mass is 9.94. The summed E-state index contributed by atoms with van der Waals surface area (Å²) in [5.74, 6) is 0.681. The van der Waals surface area contributed by atoms with Gasteiger partial charge in [-0.15, -0.1) is 10.2 Å². The number of rotatable bonds is 3. The molecule has 0 spiro atoms. The Morgan fingerprint density at radius 3 is 3.20 bits per heavy atom. The highest BCUT2D eigenvalue weighted by atomic mass is 16.1. The Balaban J connectivity index is 1.79. The van der Waals surface area contributed by atoms with Crippen molar-refractivity contribution in [2.75, 3.05) is 0 Å². The lowest BCUT2D eigenvalue weighted by molar-refractivity contribution is -0.125. The Morgan fingerprint density at radius 2 is 2.53 bits per heavy atom. The fourth-order valence-corrected chi connectivity index (χ4v) is 1.60. The van der Waals surface area contributed by atoms with Gasteiger partial charge in [0.2, 0.25) is 5.91 Å². The molecule has 1 unspecified atom stereocenters. The van der Waals surface area contributed by atoms with Crippen molar-refractivity contribution in [2.45, 2.75) is 25.8 Å². The van der Waals surface area contributed by atoms with Crippen molar-refractivity contribution in [3.8, 4) is 0 Å². The molecule has 6 heteroatoms. The van der Waals surface area contributed by atoms with Gasteiger partial charge < -0.3 is 5.32 Å². The topological polar surface area (TPSA) is 83.6 Å². The van der Waals surface area contributed by atoms with Crippen LogP contribution in [0.15, 0.2) is 12.2 Å². The number of nitrogens with one attached hydrogen (secondary N) is 2. The van der Waals surface area contributed by atoms with Gasteiger partial charge >= 0.3 is 0 Å². The van der Waals surface area contributed by atoms with Gasteiger partial charge in [-0.1, -0.05) is 17.4 Å². The Morgan fingerprint density at radius 1 is 1.60 bits per heavy atom. The van der Waals surface area contributed by atoms with Gasteiger partial charge in [-0.25, -0.2) is 0 Å². The molecule has 2 N–H and O–H groups in total. The summed E-state index contributed by atoms with van der Waals surface area (Å²) in [4.78, 5) is 11.7. The maximum Gasteiger partial charge on any atom is 0.223 e. The molecule has 0 saturated carbocycles. The molecule has 0 bridgehead atoms. The molecule has 0 radical (unpaired) electrons. The van der Waals surface area contributed by atoms with Crippen LogP contribution in [0, 0.1) is 5.92 Å². The molecule has 1 aliphatic carbocycles. The molecule has 0 saturated heterocycles. The number of hydrogen-bond donors (Lipinski definition) is 2. The minimum atomic E-state index is 0.0733. The molecule has 2 rings (SSSR count). The van der Waals surface area contributed by atoms with Gasteiger partial charge in [0.15, 0.2) is 5.82 Å². The van der Waals surface area contributed by atoms with E-state index in [9.17, 15) is 4.79 Å². The van der Waals surface area contributed by atoms with Crippen LogP contribution in [-0.2, 0) is 11.3 Å². The van der Waals surface area contributed by atoms with Crippen molar-refractivity contribution in [1.29, 1.82) is 0 Å². The second kappa shape index (κ2) is 4.68. The molecule has 0 fully saturated rings. The summed E-state index contributed by atoms with van der Waals surface area (Å²) < 4.78 is 0. The van der Waals surface area contributed by atoms with Crippen molar-refractivity contribution < 1.29 is 4.79 Å². The predicted octanol–water partition coefficient (Wildman–Crippen LogP) is 0.172. The number of amides is 1. The summed E-state index contributed by atoms with van der Waals surface area (Å²) in [5, 5.41) is 16.1. The highest BCUT2D eigenvalue weighted by molar-refractivity contribution is 5.78. The van der Waals surface area contributed by atoms with Gasteiger partial charge in [-0.05, 0) is 19.3 Å². The molecule has 0 aliphatic heterocycles. The van der Waals surface area contributed by atoms with Crippen LogP contribution >= 0.6 is 0 Å². The normalized spacial score (nSPS) is 20.1. The molecule has 6 nitrogen and oxygen atoms in total. The van der Waals surface area contributed by atoms with E-state index in [0.717, 1.165) is 19.3 Å². The van der Waals surface area contributed by atoms with E-state index in [0.29, 0.717) is 12.4 Å². The number of tetrazole rings is 1. The molecule has 1 amide bonds. The number of hydrogen-bond acceptors (Lipinski definition) is 4. The van der Waals surface area contributed by atoms with Gasteiger partial charge in [-0.3, -0.25) is 4.79 Å². The minimum Gasteiger partial charge on any atom is -0.348 e. The van der Waals surface area contributed by atoms with E-state index in [2.05, 4.69) is 38.1 Å². The molecule has 1 heterocycles. The number of carbonyl (C=O) groups excluding carboxylic acids is 1. The van der Waals surface area contributed by atoms with Gasteiger partial charge in [0.05, 0.1) is 6.54 Å². The highest BCUT2D eigenvalue weighted by Gasteiger charge is 2.18. The predicted molar refractivity (Wildman–Crippen MR) is 52.5 cm³/mol. The number of H-pyrrole nitrogens is 1. The average Bonchev–Trinajstić information content (AvgIpc) is 2.80. The second-order valence-corrected chi connectivity index (χ2v) is 3.53. The largest absolute Gasteiger partial charge is 0.348 e. The van der Waals surface area contributed by atoms with E-state index in [-0.39, 0.29) is 11.8 Å². The molecular weight excluding hydrogens is 194 g/mol. The number of aromatic amines is 1. The SMILES string of the molecule is O=C(NCc1nn[nH]n1)C1CC=CCC1. The smallest absolute Gasteiger partial charge is 0.223 e. The van der Waals surface area contributed by atoms with Crippen LogP contribution in [0.2, 0.25) is 0 Å². The molecular formula is C9H13N5O. The lowest BCUT2D eigenvalue weighted by Crippen LogP contribution is -2.31. The number of nitrogens with zero attached hydrogens (tertiary/aromatic N) is 3. The molecule has 0 aromatic carbocycles. The average molecular weight is 207 g/mol. The summed E-state index contributed by atoms with van der Waals surface area (Å²) in [6, 6.07) is 0. The first-order valence-electron chi connectivity index (χ1n) is 5.01. The van der Waals surface area contributed by atoms with E-state index >= 15 is 0 Å². The Bertz CT molecular complexity index is 345. The van der Waals surface area contributed by atoms with E-state index in [1.54, 1.807) is 0 Å². The Hall–Kier alpha value is -1.72. The summed E-state index contributed by atoms with van der Waals surface area (Å²) in [6.45, 7) is 0.343. The van der Waals surface area contributed by atoms with Crippen LogP contribution in [0.1, 0.15) is 25.1 Å². The summed E-state index contributed by atoms with van der Waals surface area (Å²) in [5.41, 5.74) is 0. The zero-order chi connectivity index (χ0) is 10.5. The first kappa shape index (κ1) is 9.82. The summed E-state index contributed by atoms with van der Waals surface area (Å²) in [7, 11) is 0. The van der Waals surface area contributed by atoms with Crippen molar-refractivity contribution in [2.24, 2.45) is 5.92 Å². The zero-order valence-corrected chi connectivity index (χ0v) is 8.31. The first-order valence-corrected chi connectivity index (χ1v) is 5.01. The third kappa shape index (κ3) is 2.61. The molecule has 1 aliphatic rings. The third-order valence-electron chi connectivity index (χ3n) is 2.45. The molecule has 1 aromatic heterocycles. The quantitative estimate of drug-likeness (QED) is 0.692. The molecule has 1 aromatic rings. The minimum absolute atomic E-state index is 0.0733. The highest BCUT2D eigenvalue weighted by Crippen LogP contribution is 2.17. The van der Waals surface area contributed by atoms with E-state index < -0.39 is 0 Å².